The minimum atomic E-state index is -0.224. The summed E-state index contributed by atoms with van der Waals surface area (Å²) in [5.41, 5.74) is 4.63. The van der Waals surface area contributed by atoms with Crippen molar-refractivity contribution in [3.63, 3.8) is 0 Å². The molecule has 1 aromatic heterocycles. The number of aryl methyl sites for hydroxylation is 2. The molecule has 2 heterocycles. The van der Waals surface area contributed by atoms with Gasteiger partial charge in [-0.3, -0.25) is 0 Å². The number of rotatable bonds is 4. The number of aromatic nitrogens is 2. The SMILES string of the molecule is Cc1cccc(Cc2c(C)nc(C3CC3)nc2N2CCN(C(=O)NC(C)(C)C)CC2)c1. The molecule has 2 aromatic rings. The van der Waals surface area contributed by atoms with Crippen LogP contribution in [0.2, 0.25) is 0 Å². The highest BCUT2D eigenvalue weighted by Crippen LogP contribution is 2.39. The van der Waals surface area contributed by atoms with Crippen molar-refractivity contribution in [1.29, 1.82) is 0 Å². The van der Waals surface area contributed by atoms with E-state index in [-0.39, 0.29) is 11.6 Å². The highest BCUT2D eigenvalue weighted by Gasteiger charge is 2.31. The Kier molecular flexibility index (Phi) is 5.91. The maximum atomic E-state index is 12.6. The van der Waals surface area contributed by atoms with Gasteiger partial charge in [0.25, 0.3) is 0 Å². The van der Waals surface area contributed by atoms with Crippen molar-refractivity contribution < 1.29 is 4.79 Å². The molecule has 2 amide bonds. The van der Waals surface area contributed by atoms with Crippen LogP contribution in [-0.2, 0) is 6.42 Å². The second kappa shape index (κ2) is 8.48. The Labute approximate surface area is 186 Å². The molecule has 6 heteroatoms. The molecule has 4 rings (SSSR count). The van der Waals surface area contributed by atoms with Crippen LogP contribution in [-0.4, -0.2) is 52.6 Å². The molecule has 2 aliphatic rings. The summed E-state index contributed by atoms with van der Waals surface area (Å²) in [7, 11) is 0. The van der Waals surface area contributed by atoms with Gasteiger partial charge in [0.1, 0.15) is 11.6 Å². The van der Waals surface area contributed by atoms with E-state index in [1.807, 2.05) is 25.7 Å². The lowest BCUT2D eigenvalue weighted by molar-refractivity contribution is 0.185. The molecule has 1 N–H and O–H groups in total. The number of carbonyl (C=O) groups excluding carboxylic acids is 1. The topological polar surface area (TPSA) is 61.4 Å². The summed E-state index contributed by atoms with van der Waals surface area (Å²) >= 11 is 0. The van der Waals surface area contributed by atoms with Gasteiger partial charge in [0.05, 0.1) is 0 Å². The summed E-state index contributed by atoms with van der Waals surface area (Å²) in [6, 6.07) is 8.69. The predicted molar refractivity (Wildman–Crippen MR) is 125 cm³/mol. The average Bonchev–Trinajstić information content (AvgIpc) is 3.53. The summed E-state index contributed by atoms with van der Waals surface area (Å²) in [6.07, 6.45) is 3.21. The molecule has 2 fully saturated rings. The van der Waals surface area contributed by atoms with Gasteiger partial charge in [0, 0.05) is 55.3 Å². The Morgan fingerprint density at radius 3 is 2.42 bits per heavy atom. The molecule has 0 unspecified atom stereocenters. The molecule has 1 saturated heterocycles. The standard InChI is InChI=1S/C25H35N5O/c1-17-7-6-8-19(15-17)16-21-18(2)26-22(20-9-10-20)27-23(21)29-11-13-30(14-12-29)24(31)28-25(3,4)5/h6-8,15,20H,9-14,16H2,1-5H3,(H,28,31). The second-order valence-corrected chi connectivity index (χ2v) is 10.1. The van der Waals surface area contributed by atoms with Crippen LogP contribution in [0, 0.1) is 13.8 Å². The number of piperazine rings is 1. The van der Waals surface area contributed by atoms with E-state index in [1.165, 1.54) is 29.5 Å². The first-order valence-corrected chi connectivity index (χ1v) is 11.4. The van der Waals surface area contributed by atoms with Crippen molar-refractivity contribution in [2.45, 2.75) is 65.3 Å². The number of benzene rings is 1. The molecule has 0 spiro atoms. The van der Waals surface area contributed by atoms with Crippen LogP contribution in [0.5, 0.6) is 0 Å². The van der Waals surface area contributed by atoms with E-state index in [0.29, 0.717) is 19.0 Å². The molecule has 31 heavy (non-hydrogen) atoms. The number of nitrogens with one attached hydrogen (secondary N) is 1. The molecule has 166 valence electrons. The molecule has 0 atom stereocenters. The van der Waals surface area contributed by atoms with Crippen LogP contribution in [0.3, 0.4) is 0 Å². The van der Waals surface area contributed by atoms with Gasteiger partial charge >= 0.3 is 6.03 Å². The number of amides is 2. The molecular formula is C25H35N5O. The summed E-state index contributed by atoms with van der Waals surface area (Å²) in [5.74, 6) is 2.57. The summed E-state index contributed by atoms with van der Waals surface area (Å²) in [5, 5.41) is 3.08. The van der Waals surface area contributed by atoms with Gasteiger partial charge in [0.15, 0.2) is 0 Å². The number of hydrogen-bond donors (Lipinski definition) is 1. The van der Waals surface area contributed by atoms with E-state index >= 15 is 0 Å². The van der Waals surface area contributed by atoms with Crippen LogP contribution >= 0.6 is 0 Å². The minimum Gasteiger partial charge on any atom is -0.353 e. The van der Waals surface area contributed by atoms with Gasteiger partial charge in [-0.2, -0.15) is 0 Å². The molecular weight excluding hydrogens is 386 g/mol. The Hall–Kier alpha value is -2.63. The zero-order valence-corrected chi connectivity index (χ0v) is 19.5. The number of nitrogens with zero attached hydrogens (tertiary/aromatic N) is 4. The predicted octanol–water partition coefficient (Wildman–Crippen LogP) is 4.19. The zero-order chi connectivity index (χ0) is 22.2. The first-order chi connectivity index (χ1) is 14.7. The number of anilines is 1. The van der Waals surface area contributed by atoms with E-state index in [4.69, 9.17) is 9.97 Å². The van der Waals surface area contributed by atoms with Crippen LogP contribution in [0.4, 0.5) is 10.6 Å². The van der Waals surface area contributed by atoms with Crippen LogP contribution in [0.15, 0.2) is 24.3 Å². The summed E-state index contributed by atoms with van der Waals surface area (Å²) in [6.45, 7) is 13.3. The normalized spacial score (nSPS) is 17.1. The van der Waals surface area contributed by atoms with Crippen LogP contribution in [0.25, 0.3) is 0 Å². The smallest absolute Gasteiger partial charge is 0.317 e. The Balaban J connectivity index is 1.56. The Bertz CT molecular complexity index is 953. The number of carbonyl (C=O) groups is 1. The number of urea groups is 1. The fraction of sp³-hybridized carbons (Fsp3) is 0.560. The molecule has 6 nitrogen and oxygen atoms in total. The minimum absolute atomic E-state index is 0.0182. The molecule has 0 bridgehead atoms. The quantitative estimate of drug-likeness (QED) is 0.804. The van der Waals surface area contributed by atoms with Gasteiger partial charge in [0.2, 0.25) is 0 Å². The fourth-order valence-electron chi connectivity index (χ4n) is 4.14. The largest absolute Gasteiger partial charge is 0.353 e. The van der Waals surface area contributed by atoms with Crippen molar-refractivity contribution in [2.75, 3.05) is 31.1 Å². The first kappa shape index (κ1) is 21.6. The third-order valence-corrected chi connectivity index (χ3v) is 5.96. The highest BCUT2D eigenvalue weighted by molar-refractivity contribution is 5.75. The van der Waals surface area contributed by atoms with Gasteiger partial charge < -0.3 is 15.1 Å². The van der Waals surface area contributed by atoms with Crippen molar-refractivity contribution in [1.82, 2.24) is 20.2 Å². The molecule has 1 aromatic carbocycles. The Morgan fingerprint density at radius 1 is 1.10 bits per heavy atom. The van der Waals surface area contributed by atoms with Crippen LogP contribution in [0.1, 0.15) is 67.7 Å². The summed E-state index contributed by atoms with van der Waals surface area (Å²) < 4.78 is 0. The third-order valence-electron chi connectivity index (χ3n) is 5.96. The zero-order valence-electron chi connectivity index (χ0n) is 19.5. The maximum Gasteiger partial charge on any atom is 0.317 e. The van der Waals surface area contributed by atoms with E-state index in [1.54, 1.807) is 0 Å². The van der Waals surface area contributed by atoms with Gasteiger partial charge in [-0.1, -0.05) is 29.8 Å². The molecule has 0 radical (unpaired) electrons. The third kappa shape index (κ3) is 5.35. The first-order valence-electron chi connectivity index (χ1n) is 11.4. The van der Waals surface area contributed by atoms with E-state index < -0.39 is 0 Å². The maximum absolute atomic E-state index is 12.6. The van der Waals surface area contributed by atoms with Crippen molar-refractivity contribution in [3.05, 3.63) is 52.5 Å². The average molecular weight is 422 g/mol. The van der Waals surface area contributed by atoms with Gasteiger partial charge in [-0.25, -0.2) is 14.8 Å². The van der Waals surface area contributed by atoms with Crippen molar-refractivity contribution in [2.24, 2.45) is 0 Å². The number of hydrogen-bond acceptors (Lipinski definition) is 4. The molecule has 1 aliphatic carbocycles. The van der Waals surface area contributed by atoms with Gasteiger partial charge in [-0.15, -0.1) is 0 Å². The second-order valence-electron chi connectivity index (χ2n) is 10.1. The lowest BCUT2D eigenvalue weighted by Gasteiger charge is -2.37. The monoisotopic (exact) mass is 421 g/mol. The molecule has 1 saturated carbocycles. The van der Waals surface area contributed by atoms with Crippen molar-refractivity contribution in [3.8, 4) is 0 Å². The Morgan fingerprint density at radius 2 is 1.81 bits per heavy atom. The van der Waals surface area contributed by atoms with E-state index in [2.05, 4.69) is 48.3 Å². The van der Waals surface area contributed by atoms with Crippen LogP contribution < -0.4 is 10.2 Å². The lowest BCUT2D eigenvalue weighted by Crippen LogP contribution is -2.55. The van der Waals surface area contributed by atoms with Gasteiger partial charge in [-0.05, 0) is 53.0 Å². The van der Waals surface area contributed by atoms with E-state index in [0.717, 1.165) is 36.8 Å². The summed E-state index contributed by atoms with van der Waals surface area (Å²) in [4.78, 5) is 26.8. The lowest BCUT2D eigenvalue weighted by atomic mass is 10.0. The highest BCUT2D eigenvalue weighted by atomic mass is 16.2. The molecule has 1 aliphatic heterocycles. The fourth-order valence-corrected chi connectivity index (χ4v) is 4.14. The van der Waals surface area contributed by atoms with Crippen molar-refractivity contribution >= 4 is 11.8 Å². The van der Waals surface area contributed by atoms with E-state index in [9.17, 15) is 4.79 Å².